The van der Waals surface area contributed by atoms with Gasteiger partial charge in [0.1, 0.15) is 11.7 Å². The van der Waals surface area contributed by atoms with Gasteiger partial charge in [-0.1, -0.05) is 26.8 Å². The number of carbonyl (C=O) groups is 1. The Labute approximate surface area is 209 Å². The molecule has 29 heavy (non-hydrogen) atoms. The molecule has 7 heteroatoms. The third kappa shape index (κ3) is 3.96. The van der Waals surface area contributed by atoms with Gasteiger partial charge in [0.15, 0.2) is 5.78 Å². The maximum atomic E-state index is 13.1. The number of hydrogen-bond donors (Lipinski definition) is 4. The van der Waals surface area contributed by atoms with E-state index in [2.05, 4.69) is 19.9 Å². The first kappa shape index (κ1) is 25.9. The molecule has 0 aromatic rings. The number of aliphatic hydroxyl groups excluding tert-OH is 3. The second kappa shape index (κ2) is 8.54. The average molecular weight is 624 g/mol. The van der Waals surface area contributed by atoms with Gasteiger partial charge in [-0.2, -0.15) is 0 Å². The number of hydrogen-bond acceptors (Lipinski definition) is 6. The molecule has 9 atom stereocenters. The van der Waals surface area contributed by atoms with E-state index in [1.54, 1.807) is 6.92 Å². The third-order valence-corrected chi connectivity index (χ3v) is 8.02. The maximum Gasteiger partial charge on any atom is 0.169 e. The van der Waals surface area contributed by atoms with E-state index in [0.717, 1.165) is 5.57 Å². The van der Waals surface area contributed by atoms with Crippen molar-refractivity contribution in [2.75, 3.05) is 6.61 Å². The van der Waals surface area contributed by atoms with Gasteiger partial charge in [0.2, 0.25) is 0 Å². The van der Waals surface area contributed by atoms with Crippen LogP contribution in [-0.2, 0) is 9.53 Å². The van der Waals surface area contributed by atoms with E-state index in [9.17, 15) is 25.2 Å². The molecular weight excluding hydrogens is 587 g/mol. The minimum Gasteiger partial charge on any atom is -0.392 e. The number of rotatable bonds is 4. The summed E-state index contributed by atoms with van der Waals surface area (Å²) in [5, 5.41) is 43.0. The number of ketones is 1. The summed E-state index contributed by atoms with van der Waals surface area (Å²) in [6, 6.07) is 0. The van der Waals surface area contributed by atoms with Gasteiger partial charge in [0.05, 0.1) is 30.3 Å². The first-order valence-corrected chi connectivity index (χ1v) is 10.4. The second-order valence-electron chi connectivity index (χ2n) is 10.3. The molecule has 0 spiro atoms. The van der Waals surface area contributed by atoms with Crippen LogP contribution in [-0.4, -0.2) is 62.8 Å². The zero-order valence-electron chi connectivity index (χ0n) is 18.4. The van der Waals surface area contributed by atoms with Crippen molar-refractivity contribution in [2.45, 2.75) is 84.4 Å². The van der Waals surface area contributed by atoms with Crippen molar-refractivity contribution >= 4 is 5.78 Å². The van der Waals surface area contributed by atoms with Gasteiger partial charge in [-0.3, -0.25) is 4.79 Å². The molecule has 4 N–H and O–H groups in total. The summed E-state index contributed by atoms with van der Waals surface area (Å²) < 4.78 is 5.55. The van der Waals surface area contributed by atoms with Crippen molar-refractivity contribution in [3.8, 4) is 0 Å². The molecule has 163 valence electrons. The summed E-state index contributed by atoms with van der Waals surface area (Å²) in [6.45, 7) is 11.3. The van der Waals surface area contributed by atoms with Crippen LogP contribution in [0.15, 0.2) is 11.6 Å². The Morgan fingerprint density at radius 3 is 2.28 bits per heavy atom. The normalized spacial score (nSPS) is 45.7. The SMILES string of the molecule is CC1=CC(C)(C)C([C@@H](C)[C@@H]2[C@]3(O)CO[C@@H]3C[C@H](O)[C@@]2(C)C(=O)[C@@H](C)O)C[C@@H]1O.[Ac]. The van der Waals surface area contributed by atoms with Gasteiger partial charge >= 0.3 is 0 Å². The van der Waals surface area contributed by atoms with E-state index in [0.29, 0.717) is 6.42 Å². The van der Waals surface area contributed by atoms with Crippen LogP contribution in [0.3, 0.4) is 0 Å². The molecule has 6 nitrogen and oxygen atoms in total. The Balaban J connectivity index is 0.00000300. The van der Waals surface area contributed by atoms with Crippen LogP contribution in [0.25, 0.3) is 0 Å². The number of allylic oxidation sites excluding steroid dienone is 1. The van der Waals surface area contributed by atoms with E-state index in [-0.39, 0.29) is 74.3 Å². The van der Waals surface area contributed by atoms with Crippen molar-refractivity contribution in [1.29, 1.82) is 0 Å². The first-order chi connectivity index (χ1) is 12.8. The minimum absolute atomic E-state index is 0. The number of carbonyl (C=O) groups excluding carboxylic acids is 1. The molecule has 0 aromatic carbocycles. The first-order valence-electron chi connectivity index (χ1n) is 10.4. The number of fused-ring (bicyclic) bond motifs is 1. The van der Waals surface area contributed by atoms with Crippen LogP contribution in [0.1, 0.15) is 54.4 Å². The number of ether oxygens (including phenoxy) is 1. The van der Waals surface area contributed by atoms with Crippen molar-refractivity contribution in [3.63, 3.8) is 0 Å². The molecule has 3 aliphatic rings. The molecule has 1 radical (unpaired) electrons. The summed E-state index contributed by atoms with van der Waals surface area (Å²) in [6.07, 6.45) is -0.541. The Morgan fingerprint density at radius 1 is 1.21 bits per heavy atom. The van der Waals surface area contributed by atoms with Gasteiger partial charge in [0, 0.05) is 56.4 Å². The Morgan fingerprint density at radius 2 is 1.79 bits per heavy atom. The number of Topliss-reactive ketones (excluding diaryl/α,β-unsaturated/α-hetero) is 1. The van der Waals surface area contributed by atoms with E-state index in [1.807, 2.05) is 13.8 Å². The van der Waals surface area contributed by atoms with Crippen LogP contribution >= 0.6 is 0 Å². The van der Waals surface area contributed by atoms with Gasteiger partial charge in [-0.15, -0.1) is 0 Å². The minimum atomic E-state index is -1.29. The van der Waals surface area contributed by atoms with Crippen LogP contribution in [0.4, 0.5) is 0 Å². The van der Waals surface area contributed by atoms with Gasteiger partial charge in [0.25, 0.3) is 0 Å². The molecular formula is C22H36AcO6. The molecule has 1 aliphatic heterocycles. The fraction of sp³-hybridized carbons (Fsp3) is 0.864. The van der Waals surface area contributed by atoms with Gasteiger partial charge in [-0.05, 0) is 50.0 Å². The van der Waals surface area contributed by atoms with Crippen molar-refractivity contribution in [1.82, 2.24) is 0 Å². The molecule has 1 saturated heterocycles. The van der Waals surface area contributed by atoms with Crippen LogP contribution < -0.4 is 0 Å². The summed E-state index contributed by atoms with van der Waals surface area (Å²) in [4.78, 5) is 13.1. The molecule has 2 fully saturated rings. The quantitative estimate of drug-likeness (QED) is 0.354. The predicted octanol–water partition coefficient (Wildman–Crippen LogP) is 1.44. The molecule has 1 unspecified atom stereocenters. The van der Waals surface area contributed by atoms with Crippen LogP contribution in [0.2, 0.25) is 0 Å². The molecule has 0 amide bonds. The maximum absolute atomic E-state index is 13.1. The largest absolute Gasteiger partial charge is 0.392 e. The summed E-state index contributed by atoms with van der Waals surface area (Å²) in [5.74, 6) is -1.23. The number of aliphatic hydroxyl groups is 4. The van der Waals surface area contributed by atoms with Crippen LogP contribution in [0, 0.1) is 72.6 Å². The van der Waals surface area contributed by atoms with Crippen molar-refractivity contribution in [2.24, 2.45) is 28.6 Å². The van der Waals surface area contributed by atoms with E-state index in [4.69, 9.17) is 4.74 Å². The van der Waals surface area contributed by atoms with Crippen molar-refractivity contribution in [3.05, 3.63) is 11.6 Å². The second-order valence-corrected chi connectivity index (χ2v) is 10.3. The molecule has 0 aromatic heterocycles. The smallest absolute Gasteiger partial charge is 0.169 e. The zero-order valence-corrected chi connectivity index (χ0v) is 23.2. The molecule has 2 aliphatic carbocycles. The third-order valence-electron chi connectivity index (χ3n) is 8.02. The zero-order chi connectivity index (χ0) is 21.2. The van der Waals surface area contributed by atoms with Crippen molar-refractivity contribution < 1.29 is 74.0 Å². The standard InChI is InChI=1S/C22H36O6.Ac/c1-11-9-20(4,5)14(7-15(11)24)12(2)18-21(6,19(26)13(3)23)16(25)8-17-22(18,27)10-28-17;/h9,12-18,23-25,27H,7-8,10H2,1-6H3;/t12-,13-,14?,15+,16+,17-,18+,21-,22+;/m1./s1. The molecule has 0 bridgehead atoms. The summed E-state index contributed by atoms with van der Waals surface area (Å²) in [5.41, 5.74) is -1.82. The van der Waals surface area contributed by atoms with E-state index >= 15 is 0 Å². The predicted molar refractivity (Wildman–Crippen MR) is 104 cm³/mol. The Kier molecular flexibility index (Phi) is 7.63. The van der Waals surface area contributed by atoms with Crippen LogP contribution in [0.5, 0.6) is 0 Å². The molecule has 1 heterocycles. The van der Waals surface area contributed by atoms with E-state index < -0.39 is 47.1 Å². The molecule has 1 saturated carbocycles. The topological polar surface area (TPSA) is 107 Å². The summed E-state index contributed by atoms with van der Waals surface area (Å²) >= 11 is 0. The molecule has 3 rings (SSSR count). The van der Waals surface area contributed by atoms with E-state index in [1.165, 1.54) is 6.92 Å². The van der Waals surface area contributed by atoms with Gasteiger partial charge < -0.3 is 25.2 Å². The average Bonchev–Trinajstić information content (AvgIpc) is 2.58. The van der Waals surface area contributed by atoms with Gasteiger partial charge in [-0.25, -0.2) is 0 Å². The monoisotopic (exact) mass is 623 g/mol. The fourth-order valence-corrected chi connectivity index (χ4v) is 6.52. The Bertz CT molecular complexity index is 676. The summed E-state index contributed by atoms with van der Waals surface area (Å²) in [7, 11) is 0. The fourth-order valence-electron chi connectivity index (χ4n) is 6.52. The Hall–Kier alpha value is 0.652.